The Kier molecular flexibility index (Phi) is 4.59. The van der Waals surface area contributed by atoms with E-state index in [1.54, 1.807) is 0 Å². The van der Waals surface area contributed by atoms with Gasteiger partial charge in [0.15, 0.2) is 0 Å². The molecule has 19 heavy (non-hydrogen) atoms. The topological polar surface area (TPSA) is 38.5 Å². The van der Waals surface area contributed by atoms with Crippen molar-refractivity contribution in [3.05, 3.63) is 0 Å². The molecule has 2 unspecified atom stereocenters. The molecule has 0 aromatic rings. The standard InChI is InChI=1S/C16H32N2O/c1-13-9-15(2,3)11-16(10-13,12-17)18-7-5-14(19-4)6-8-18/h13-14H,5-12,17H2,1-4H3. The lowest BCUT2D eigenvalue weighted by Crippen LogP contribution is -2.61. The normalized spacial score (nSPS) is 37.4. The third-order valence-electron chi connectivity index (χ3n) is 5.26. The number of hydrogen-bond donors (Lipinski definition) is 1. The lowest BCUT2D eigenvalue weighted by Gasteiger charge is -2.54. The lowest BCUT2D eigenvalue weighted by molar-refractivity contribution is -0.0489. The number of rotatable bonds is 3. The van der Waals surface area contributed by atoms with Gasteiger partial charge in [0.2, 0.25) is 0 Å². The van der Waals surface area contributed by atoms with Crippen molar-refractivity contribution in [2.75, 3.05) is 26.7 Å². The monoisotopic (exact) mass is 268 g/mol. The van der Waals surface area contributed by atoms with E-state index in [0.29, 0.717) is 11.5 Å². The Bertz CT molecular complexity index is 297. The van der Waals surface area contributed by atoms with Crippen LogP contribution in [-0.2, 0) is 4.74 Å². The molecule has 112 valence electrons. The molecular formula is C16H32N2O. The molecule has 0 aromatic carbocycles. The van der Waals surface area contributed by atoms with Gasteiger partial charge < -0.3 is 10.5 Å². The van der Waals surface area contributed by atoms with Crippen LogP contribution in [0.2, 0.25) is 0 Å². The molecule has 1 aliphatic heterocycles. The third-order valence-corrected chi connectivity index (χ3v) is 5.26. The maximum absolute atomic E-state index is 6.25. The van der Waals surface area contributed by atoms with E-state index in [4.69, 9.17) is 10.5 Å². The number of hydrogen-bond acceptors (Lipinski definition) is 3. The SMILES string of the molecule is COC1CCN(C2(CN)CC(C)CC(C)(C)C2)CC1. The van der Waals surface area contributed by atoms with Gasteiger partial charge in [0.05, 0.1) is 6.10 Å². The van der Waals surface area contributed by atoms with E-state index in [2.05, 4.69) is 25.7 Å². The highest BCUT2D eigenvalue weighted by Crippen LogP contribution is 2.46. The van der Waals surface area contributed by atoms with E-state index in [0.717, 1.165) is 38.4 Å². The van der Waals surface area contributed by atoms with Crippen molar-refractivity contribution in [1.82, 2.24) is 4.90 Å². The minimum absolute atomic E-state index is 0.236. The van der Waals surface area contributed by atoms with Gasteiger partial charge in [0.25, 0.3) is 0 Å². The zero-order chi connectivity index (χ0) is 14.1. The smallest absolute Gasteiger partial charge is 0.0595 e. The minimum atomic E-state index is 0.236. The Morgan fingerprint density at radius 3 is 2.32 bits per heavy atom. The van der Waals surface area contributed by atoms with E-state index in [9.17, 15) is 0 Å². The summed E-state index contributed by atoms with van der Waals surface area (Å²) in [5.41, 5.74) is 6.91. The summed E-state index contributed by atoms with van der Waals surface area (Å²) >= 11 is 0. The van der Waals surface area contributed by atoms with Crippen LogP contribution in [0.25, 0.3) is 0 Å². The summed E-state index contributed by atoms with van der Waals surface area (Å²) in [5, 5.41) is 0. The van der Waals surface area contributed by atoms with Crippen molar-refractivity contribution < 1.29 is 4.74 Å². The van der Waals surface area contributed by atoms with Crippen LogP contribution in [0, 0.1) is 11.3 Å². The number of piperidine rings is 1. The summed E-state index contributed by atoms with van der Waals surface area (Å²) in [6.45, 7) is 10.3. The number of ether oxygens (including phenoxy) is 1. The molecule has 2 atom stereocenters. The van der Waals surface area contributed by atoms with Crippen LogP contribution < -0.4 is 5.73 Å². The van der Waals surface area contributed by atoms with Crippen LogP contribution in [0.4, 0.5) is 0 Å². The van der Waals surface area contributed by atoms with E-state index in [-0.39, 0.29) is 5.54 Å². The Morgan fingerprint density at radius 1 is 1.21 bits per heavy atom. The first-order chi connectivity index (χ1) is 8.91. The summed E-state index contributed by atoms with van der Waals surface area (Å²) < 4.78 is 5.50. The van der Waals surface area contributed by atoms with Crippen molar-refractivity contribution in [1.29, 1.82) is 0 Å². The van der Waals surface area contributed by atoms with Gasteiger partial charge in [-0.25, -0.2) is 0 Å². The Balaban J connectivity index is 2.09. The van der Waals surface area contributed by atoms with Crippen molar-refractivity contribution in [2.45, 2.75) is 64.5 Å². The Hall–Kier alpha value is -0.120. The summed E-state index contributed by atoms with van der Waals surface area (Å²) in [4.78, 5) is 2.68. The third kappa shape index (κ3) is 3.32. The molecule has 2 rings (SSSR count). The molecular weight excluding hydrogens is 236 g/mol. The molecule has 0 bridgehead atoms. The van der Waals surface area contributed by atoms with E-state index >= 15 is 0 Å². The summed E-state index contributed by atoms with van der Waals surface area (Å²) in [7, 11) is 1.84. The van der Waals surface area contributed by atoms with Crippen molar-refractivity contribution in [2.24, 2.45) is 17.1 Å². The maximum atomic E-state index is 6.25. The van der Waals surface area contributed by atoms with Gasteiger partial charge in [-0.2, -0.15) is 0 Å². The first-order valence-electron chi connectivity index (χ1n) is 7.89. The van der Waals surface area contributed by atoms with Crippen molar-refractivity contribution >= 4 is 0 Å². The highest BCUT2D eigenvalue weighted by Gasteiger charge is 2.46. The predicted octanol–water partition coefficient (Wildman–Crippen LogP) is 2.64. The summed E-state index contributed by atoms with van der Waals surface area (Å²) in [5.74, 6) is 0.785. The van der Waals surface area contributed by atoms with Crippen LogP contribution >= 0.6 is 0 Å². The van der Waals surface area contributed by atoms with Crippen LogP contribution in [0.15, 0.2) is 0 Å². The average Bonchev–Trinajstić information content (AvgIpc) is 2.36. The lowest BCUT2D eigenvalue weighted by atomic mass is 9.63. The molecule has 3 heteroatoms. The second-order valence-electron chi connectivity index (χ2n) is 7.70. The van der Waals surface area contributed by atoms with Gasteiger partial charge in [-0.3, -0.25) is 4.90 Å². The average molecular weight is 268 g/mol. The van der Waals surface area contributed by atoms with Gasteiger partial charge in [-0.1, -0.05) is 20.8 Å². The molecule has 2 N–H and O–H groups in total. The fourth-order valence-electron chi connectivity index (χ4n) is 4.79. The zero-order valence-corrected chi connectivity index (χ0v) is 13.2. The van der Waals surface area contributed by atoms with Crippen molar-refractivity contribution in [3.8, 4) is 0 Å². The molecule has 1 aliphatic carbocycles. The number of nitrogens with two attached hydrogens (primary N) is 1. The molecule has 0 radical (unpaired) electrons. The summed E-state index contributed by atoms with van der Waals surface area (Å²) in [6.07, 6.45) is 6.63. The number of nitrogens with zero attached hydrogens (tertiary/aromatic N) is 1. The van der Waals surface area contributed by atoms with E-state index in [1.165, 1.54) is 19.3 Å². The molecule has 1 saturated heterocycles. The van der Waals surface area contributed by atoms with Crippen LogP contribution in [0.5, 0.6) is 0 Å². The first-order valence-corrected chi connectivity index (χ1v) is 7.89. The predicted molar refractivity (Wildman–Crippen MR) is 80.2 cm³/mol. The molecule has 0 spiro atoms. The molecule has 3 nitrogen and oxygen atoms in total. The van der Waals surface area contributed by atoms with Gasteiger partial charge >= 0.3 is 0 Å². The Labute approximate surface area is 118 Å². The fourth-order valence-corrected chi connectivity index (χ4v) is 4.79. The molecule has 1 saturated carbocycles. The fraction of sp³-hybridized carbons (Fsp3) is 1.00. The quantitative estimate of drug-likeness (QED) is 0.855. The van der Waals surface area contributed by atoms with Gasteiger partial charge in [0, 0.05) is 32.3 Å². The zero-order valence-electron chi connectivity index (χ0n) is 13.2. The van der Waals surface area contributed by atoms with Gasteiger partial charge in [0.1, 0.15) is 0 Å². The van der Waals surface area contributed by atoms with E-state index in [1.807, 2.05) is 7.11 Å². The van der Waals surface area contributed by atoms with Gasteiger partial charge in [-0.15, -0.1) is 0 Å². The second kappa shape index (κ2) is 5.71. The summed E-state index contributed by atoms with van der Waals surface area (Å²) in [6, 6.07) is 0. The molecule has 0 amide bonds. The van der Waals surface area contributed by atoms with E-state index < -0.39 is 0 Å². The molecule has 0 aromatic heterocycles. The molecule has 1 heterocycles. The van der Waals surface area contributed by atoms with Crippen LogP contribution in [0.3, 0.4) is 0 Å². The maximum Gasteiger partial charge on any atom is 0.0595 e. The van der Waals surface area contributed by atoms with Crippen LogP contribution in [-0.4, -0.2) is 43.3 Å². The van der Waals surface area contributed by atoms with Crippen molar-refractivity contribution in [3.63, 3.8) is 0 Å². The number of likely N-dealkylation sites (tertiary alicyclic amines) is 1. The molecule has 2 aliphatic rings. The second-order valence-corrected chi connectivity index (χ2v) is 7.70. The Morgan fingerprint density at radius 2 is 1.84 bits per heavy atom. The highest BCUT2D eigenvalue weighted by molar-refractivity contribution is 5.02. The van der Waals surface area contributed by atoms with Gasteiger partial charge in [-0.05, 0) is 43.4 Å². The van der Waals surface area contributed by atoms with Crippen LogP contribution in [0.1, 0.15) is 52.9 Å². The number of methoxy groups -OCH3 is 1. The first kappa shape index (κ1) is 15.3. The largest absolute Gasteiger partial charge is 0.381 e. The highest BCUT2D eigenvalue weighted by atomic mass is 16.5. The minimum Gasteiger partial charge on any atom is -0.381 e. The molecule has 2 fully saturated rings.